The molecule has 0 amide bonds. The summed E-state index contributed by atoms with van der Waals surface area (Å²) in [6, 6.07) is 0. The van der Waals surface area contributed by atoms with Gasteiger partial charge in [0.2, 0.25) is 0 Å². The Morgan fingerprint density at radius 3 is 2.90 bits per heavy atom. The Kier molecular flexibility index (Phi) is 4.59. The number of aryl methyl sites for hydroxylation is 1. The molecule has 6 nitrogen and oxygen atoms in total. The van der Waals surface area contributed by atoms with E-state index in [4.69, 9.17) is 4.74 Å². The van der Waals surface area contributed by atoms with Crippen LogP contribution in [0.1, 0.15) is 30.5 Å². The Morgan fingerprint density at radius 1 is 1.40 bits per heavy atom. The van der Waals surface area contributed by atoms with Gasteiger partial charge in [0.25, 0.3) is 0 Å². The van der Waals surface area contributed by atoms with Crippen LogP contribution in [0, 0.1) is 0 Å². The summed E-state index contributed by atoms with van der Waals surface area (Å²) in [5.74, 6) is -0.220. The van der Waals surface area contributed by atoms with Crippen LogP contribution in [0.5, 0.6) is 0 Å². The van der Waals surface area contributed by atoms with Gasteiger partial charge in [-0.3, -0.25) is 4.68 Å². The minimum atomic E-state index is -2.95. The van der Waals surface area contributed by atoms with Gasteiger partial charge in [-0.15, -0.1) is 0 Å². The molecule has 0 aromatic carbocycles. The molecular weight excluding hydrogens is 280 g/mol. The van der Waals surface area contributed by atoms with Crippen LogP contribution >= 0.6 is 0 Å². The van der Waals surface area contributed by atoms with Crippen molar-refractivity contribution >= 4 is 15.8 Å². The second kappa shape index (κ2) is 6.21. The van der Waals surface area contributed by atoms with E-state index in [-0.39, 0.29) is 11.5 Å². The zero-order valence-corrected chi connectivity index (χ0v) is 12.1. The smallest absolute Gasteiger partial charge is 0.330 e. The molecule has 0 spiro atoms. The molecule has 1 aliphatic heterocycles. The fraction of sp³-hybridized carbons (Fsp3) is 0.538. The lowest BCUT2D eigenvalue weighted by Crippen LogP contribution is -2.05. The number of carbonyl (C=O) groups excluding carboxylic acids is 1. The predicted octanol–water partition coefficient (Wildman–Crippen LogP) is 1.21. The van der Waals surface area contributed by atoms with Crippen molar-refractivity contribution in [2.24, 2.45) is 0 Å². The van der Waals surface area contributed by atoms with Crippen molar-refractivity contribution in [1.29, 1.82) is 0 Å². The lowest BCUT2D eigenvalue weighted by Gasteiger charge is -2.03. The van der Waals surface area contributed by atoms with E-state index in [9.17, 15) is 13.2 Å². The van der Waals surface area contributed by atoms with E-state index in [0.717, 1.165) is 37.4 Å². The molecule has 20 heavy (non-hydrogen) atoms. The number of rotatable bonds is 7. The number of ether oxygens (including phenoxy) is 1. The lowest BCUT2D eigenvalue weighted by molar-refractivity contribution is -0.137. The summed E-state index contributed by atoms with van der Waals surface area (Å²) in [4.78, 5) is 10.8. The summed E-state index contributed by atoms with van der Waals surface area (Å²) in [5.41, 5.74) is 1.51. The van der Waals surface area contributed by atoms with Crippen LogP contribution in [0.25, 0.3) is 0 Å². The first-order valence-corrected chi connectivity index (χ1v) is 8.37. The third-order valence-electron chi connectivity index (χ3n) is 3.10. The monoisotopic (exact) mass is 298 g/mol. The van der Waals surface area contributed by atoms with Crippen LogP contribution in [0.4, 0.5) is 0 Å². The maximum absolute atomic E-state index is 11.4. The van der Waals surface area contributed by atoms with Crippen molar-refractivity contribution in [3.63, 3.8) is 0 Å². The molecule has 1 aliphatic rings. The zero-order chi connectivity index (χ0) is 14.6. The fourth-order valence-electron chi connectivity index (χ4n) is 2.14. The molecule has 0 aliphatic carbocycles. The first kappa shape index (κ1) is 14.8. The Bertz CT molecular complexity index is 574. The maximum Gasteiger partial charge on any atom is 0.330 e. The van der Waals surface area contributed by atoms with Crippen LogP contribution in [0.15, 0.2) is 18.9 Å². The van der Waals surface area contributed by atoms with E-state index in [2.05, 4.69) is 11.7 Å². The highest BCUT2D eigenvalue weighted by atomic mass is 32.2. The zero-order valence-electron chi connectivity index (χ0n) is 11.2. The molecule has 0 fully saturated rings. The van der Waals surface area contributed by atoms with Gasteiger partial charge in [-0.1, -0.05) is 6.58 Å². The molecule has 1 aromatic rings. The molecule has 0 bridgehead atoms. The van der Waals surface area contributed by atoms with Crippen LogP contribution in [-0.4, -0.2) is 30.8 Å². The van der Waals surface area contributed by atoms with Crippen LogP contribution in [0.2, 0.25) is 0 Å². The van der Waals surface area contributed by atoms with Gasteiger partial charge in [0, 0.05) is 24.4 Å². The summed E-state index contributed by atoms with van der Waals surface area (Å²) in [7, 11) is -2.95. The lowest BCUT2D eigenvalue weighted by atomic mass is 10.2. The first-order valence-electron chi connectivity index (χ1n) is 6.55. The molecule has 2 heterocycles. The molecule has 0 unspecified atom stereocenters. The normalized spacial score (nSPS) is 15.8. The maximum atomic E-state index is 11.4. The molecule has 0 saturated carbocycles. The van der Waals surface area contributed by atoms with Crippen LogP contribution in [0.3, 0.4) is 0 Å². The van der Waals surface area contributed by atoms with E-state index in [1.165, 1.54) is 0 Å². The SMILES string of the molecule is C=CC(=O)OCCCCCn1cc2c(n1)CS(=O)(=O)C2. The molecule has 110 valence electrons. The molecule has 0 saturated heterocycles. The number of esters is 1. The molecule has 0 atom stereocenters. The Balaban J connectivity index is 1.67. The van der Waals surface area contributed by atoms with Crippen molar-refractivity contribution in [3.8, 4) is 0 Å². The minimum absolute atomic E-state index is 0.0623. The molecule has 1 aromatic heterocycles. The number of nitrogens with zero attached hydrogens (tertiary/aromatic N) is 2. The highest BCUT2D eigenvalue weighted by molar-refractivity contribution is 7.90. The first-order chi connectivity index (χ1) is 9.50. The van der Waals surface area contributed by atoms with E-state index < -0.39 is 15.8 Å². The van der Waals surface area contributed by atoms with Gasteiger partial charge < -0.3 is 4.74 Å². The number of sulfone groups is 1. The quantitative estimate of drug-likeness (QED) is 0.429. The van der Waals surface area contributed by atoms with Crippen molar-refractivity contribution in [1.82, 2.24) is 9.78 Å². The third-order valence-corrected chi connectivity index (χ3v) is 4.56. The number of hydrogen-bond donors (Lipinski definition) is 0. The number of hydrogen-bond acceptors (Lipinski definition) is 5. The largest absolute Gasteiger partial charge is 0.463 e. The highest BCUT2D eigenvalue weighted by Crippen LogP contribution is 2.23. The van der Waals surface area contributed by atoms with Crippen LogP contribution in [-0.2, 0) is 37.4 Å². The molecule has 2 rings (SSSR count). The summed E-state index contributed by atoms with van der Waals surface area (Å²) >= 11 is 0. The summed E-state index contributed by atoms with van der Waals surface area (Å²) < 4.78 is 29.4. The number of carbonyl (C=O) groups is 1. The van der Waals surface area contributed by atoms with E-state index in [0.29, 0.717) is 12.3 Å². The summed E-state index contributed by atoms with van der Waals surface area (Å²) in [6.45, 7) is 4.47. The second-order valence-corrected chi connectivity index (χ2v) is 6.89. The summed E-state index contributed by atoms with van der Waals surface area (Å²) in [5, 5.41) is 4.28. The Morgan fingerprint density at radius 2 is 2.20 bits per heavy atom. The standard InChI is InChI=1S/C13H18N2O4S/c1-2-13(16)19-7-5-3-4-6-15-8-11-9-20(17,18)10-12(11)14-15/h2,8H,1,3-7,9-10H2. The van der Waals surface area contributed by atoms with E-state index >= 15 is 0 Å². The number of fused-ring (bicyclic) bond motifs is 1. The minimum Gasteiger partial charge on any atom is -0.463 e. The van der Waals surface area contributed by atoms with Crippen molar-refractivity contribution in [3.05, 3.63) is 30.1 Å². The van der Waals surface area contributed by atoms with Gasteiger partial charge in [0.15, 0.2) is 9.84 Å². The topological polar surface area (TPSA) is 78.3 Å². The van der Waals surface area contributed by atoms with E-state index in [1.54, 1.807) is 4.68 Å². The van der Waals surface area contributed by atoms with Gasteiger partial charge in [0.1, 0.15) is 0 Å². The highest BCUT2D eigenvalue weighted by Gasteiger charge is 2.27. The Hall–Kier alpha value is -1.63. The van der Waals surface area contributed by atoms with E-state index in [1.807, 2.05) is 6.20 Å². The van der Waals surface area contributed by atoms with Gasteiger partial charge in [-0.05, 0) is 19.3 Å². The molecular formula is C13H18N2O4S. The van der Waals surface area contributed by atoms with Gasteiger partial charge >= 0.3 is 5.97 Å². The fourth-order valence-corrected chi connectivity index (χ4v) is 3.62. The second-order valence-electron chi connectivity index (χ2n) is 4.83. The number of aromatic nitrogens is 2. The third kappa shape index (κ3) is 3.93. The van der Waals surface area contributed by atoms with Crippen LogP contribution < -0.4 is 0 Å². The van der Waals surface area contributed by atoms with Crippen molar-refractivity contribution in [2.75, 3.05) is 6.61 Å². The van der Waals surface area contributed by atoms with Gasteiger partial charge in [-0.2, -0.15) is 5.10 Å². The molecule has 7 heteroatoms. The Labute approximate surface area is 118 Å². The molecule has 0 radical (unpaired) electrons. The average molecular weight is 298 g/mol. The van der Waals surface area contributed by atoms with Gasteiger partial charge in [0.05, 0.1) is 23.8 Å². The molecule has 0 N–H and O–H groups in total. The predicted molar refractivity (Wildman–Crippen MR) is 73.6 cm³/mol. The van der Waals surface area contributed by atoms with Gasteiger partial charge in [-0.25, -0.2) is 13.2 Å². The number of unbranched alkanes of at least 4 members (excludes halogenated alkanes) is 2. The van der Waals surface area contributed by atoms with Crippen molar-refractivity contribution < 1.29 is 17.9 Å². The average Bonchev–Trinajstić information content (AvgIpc) is 2.86. The summed E-state index contributed by atoms with van der Waals surface area (Å²) in [6.07, 6.45) is 5.61. The van der Waals surface area contributed by atoms with Crippen molar-refractivity contribution in [2.45, 2.75) is 37.3 Å².